The van der Waals surface area contributed by atoms with Crippen molar-refractivity contribution < 1.29 is 22.0 Å². The fourth-order valence-electron chi connectivity index (χ4n) is 1.34. The normalized spacial score (nSPS) is 11.1. The zero-order valence-corrected chi connectivity index (χ0v) is 9.67. The second-order valence-corrected chi connectivity index (χ2v) is 3.62. The van der Waals surface area contributed by atoms with Crippen molar-refractivity contribution >= 4 is 11.9 Å². The minimum Gasteiger partial charge on any atom is -0.272 e. The summed E-state index contributed by atoms with van der Waals surface area (Å²) in [5.74, 6) is -7.55. The first-order valence-corrected chi connectivity index (χ1v) is 5.23. The van der Waals surface area contributed by atoms with Gasteiger partial charge in [0.25, 0.3) is 11.9 Å². The van der Waals surface area contributed by atoms with Gasteiger partial charge in [0.1, 0.15) is 11.5 Å². The Balaban J connectivity index is 2.23. The average molecular weight is 287 g/mol. The molecule has 0 unspecified atom stereocenters. The molecule has 0 saturated heterocycles. The summed E-state index contributed by atoms with van der Waals surface area (Å²) in [5.41, 5.74) is 0.971. The lowest BCUT2D eigenvalue weighted by Crippen LogP contribution is -2.05. The van der Waals surface area contributed by atoms with Gasteiger partial charge in [-0.1, -0.05) is 12.1 Å². The van der Waals surface area contributed by atoms with E-state index in [0.29, 0.717) is 0 Å². The first-order chi connectivity index (χ1) is 9.49. The lowest BCUT2D eigenvalue weighted by atomic mass is 10.2. The number of halogens is 5. The Kier molecular flexibility index (Phi) is 3.92. The zero-order valence-electron chi connectivity index (χ0n) is 9.67. The van der Waals surface area contributed by atoms with Crippen molar-refractivity contribution in [3.8, 4) is 0 Å². The van der Waals surface area contributed by atoms with Crippen LogP contribution in [0.3, 0.4) is 0 Å². The summed E-state index contributed by atoms with van der Waals surface area (Å²) >= 11 is 0. The van der Waals surface area contributed by atoms with Crippen LogP contribution in [0.25, 0.3) is 0 Å². The molecule has 0 spiro atoms. The Morgan fingerprint density at radius 3 is 2.25 bits per heavy atom. The maximum atomic E-state index is 13.2. The Labute approximate surface area is 109 Å². The van der Waals surface area contributed by atoms with E-state index in [9.17, 15) is 22.0 Å². The smallest absolute Gasteiger partial charge is 0.254 e. The highest BCUT2D eigenvalue weighted by atomic mass is 19.2. The van der Waals surface area contributed by atoms with E-state index in [2.05, 4.69) is 10.1 Å². The van der Waals surface area contributed by atoms with E-state index in [0.717, 1.165) is 12.3 Å². The summed E-state index contributed by atoms with van der Waals surface area (Å²) in [6, 6.07) is 5.15. The Morgan fingerprint density at radius 2 is 1.65 bits per heavy atom. The Morgan fingerprint density at radius 1 is 1.00 bits per heavy atom. The van der Waals surface area contributed by atoms with Crippen molar-refractivity contribution in [2.75, 3.05) is 5.43 Å². The molecule has 1 heterocycles. The van der Waals surface area contributed by atoms with Crippen molar-refractivity contribution in [3.05, 3.63) is 59.2 Å². The molecule has 1 N–H and O–H groups in total. The lowest BCUT2D eigenvalue weighted by Gasteiger charge is -2.04. The molecule has 2 rings (SSSR count). The summed E-state index contributed by atoms with van der Waals surface area (Å²) < 4.78 is 64.8. The topological polar surface area (TPSA) is 37.3 Å². The molecule has 1 aromatic heterocycles. The maximum absolute atomic E-state index is 13.2. The van der Waals surface area contributed by atoms with Crippen LogP contribution in [0.15, 0.2) is 29.4 Å². The zero-order chi connectivity index (χ0) is 14.7. The monoisotopic (exact) mass is 287 g/mol. The molecule has 0 amide bonds. The minimum atomic E-state index is -1.80. The van der Waals surface area contributed by atoms with Gasteiger partial charge in [-0.2, -0.15) is 27.6 Å². The molecular weight excluding hydrogens is 281 g/mol. The molecule has 0 saturated carbocycles. The molecule has 0 radical (unpaired) electrons. The second kappa shape index (κ2) is 5.64. The van der Waals surface area contributed by atoms with Crippen LogP contribution in [0.2, 0.25) is 0 Å². The van der Waals surface area contributed by atoms with Gasteiger partial charge in [0, 0.05) is 0 Å². The molecule has 1 aromatic carbocycles. The number of benzene rings is 1. The molecule has 0 atom stereocenters. The molecule has 0 aliphatic heterocycles. The predicted molar refractivity (Wildman–Crippen MR) is 61.7 cm³/mol. The van der Waals surface area contributed by atoms with Crippen molar-refractivity contribution in [2.24, 2.45) is 5.10 Å². The highest BCUT2D eigenvalue weighted by Gasteiger charge is 2.20. The van der Waals surface area contributed by atoms with Gasteiger partial charge in [0.05, 0.1) is 6.21 Å². The largest absolute Gasteiger partial charge is 0.272 e. The minimum absolute atomic E-state index is 0.285. The van der Waals surface area contributed by atoms with E-state index in [1.165, 1.54) is 18.2 Å². The third-order valence-corrected chi connectivity index (χ3v) is 2.24. The van der Waals surface area contributed by atoms with Crippen molar-refractivity contribution in [1.82, 2.24) is 4.98 Å². The fourth-order valence-corrected chi connectivity index (χ4v) is 1.34. The number of hydrazone groups is 1. The second-order valence-electron chi connectivity index (χ2n) is 3.62. The van der Waals surface area contributed by atoms with Gasteiger partial charge >= 0.3 is 0 Å². The molecular formula is C12H6F5N3. The van der Waals surface area contributed by atoms with Crippen molar-refractivity contribution in [2.45, 2.75) is 0 Å². The molecule has 20 heavy (non-hydrogen) atoms. The van der Waals surface area contributed by atoms with Gasteiger partial charge in [-0.3, -0.25) is 5.43 Å². The van der Waals surface area contributed by atoms with Crippen LogP contribution in [0, 0.1) is 29.3 Å². The quantitative estimate of drug-likeness (QED) is 0.407. The van der Waals surface area contributed by atoms with Crippen LogP contribution in [0.1, 0.15) is 5.56 Å². The first-order valence-electron chi connectivity index (χ1n) is 5.23. The van der Waals surface area contributed by atoms with Gasteiger partial charge in [-0.15, -0.1) is 0 Å². The molecule has 3 nitrogen and oxygen atoms in total. The van der Waals surface area contributed by atoms with Gasteiger partial charge in [-0.05, 0) is 17.7 Å². The van der Waals surface area contributed by atoms with E-state index < -0.39 is 35.0 Å². The van der Waals surface area contributed by atoms with Crippen LogP contribution in [-0.4, -0.2) is 11.2 Å². The number of hydrogen-bond donors (Lipinski definition) is 1. The van der Waals surface area contributed by atoms with E-state index in [1.54, 1.807) is 0 Å². The molecule has 2 aromatic rings. The lowest BCUT2D eigenvalue weighted by molar-refractivity contribution is 0.411. The molecule has 0 fully saturated rings. The van der Waals surface area contributed by atoms with Crippen LogP contribution < -0.4 is 5.43 Å². The molecule has 0 aliphatic carbocycles. The molecule has 8 heteroatoms. The third-order valence-electron chi connectivity index (χ3n) is 2.24. The number of rotatable bonds is 3. The SMILES string of the molecule is Fc1cccc(/C=N\Nc2c(F)c(F)nc(F)c2F)c1. The summed E-state index contributed by atoms with van der Waals surface area (Å²) in [4.78, 5) is 2.39. The van der Waals surface area contributed by atoms with Crippen molar-refractivity contribution in [3.63, 3.8) is 0 Å². The van der Waals surface area contributed by atoms with E-state index >= 15 is 0 Å². The van der Waals surface area contributed by atoms with E-state index in [1.807, 2.05) is 5.43 Å². The Bertz CT molecular complexity index is 646. The van der Waals surface area contributed by atoms with Crippen molar-refractivity contribution in [1.29, 1.82) is 0 Å². The van der Waals surface area contributed by atoms with Crippen LogP contribution in [0.4, 0.5) is 27.6 Å². The summed E-state index contributed by atoms with van der Waals surface area (Å²) in [6.07, 6.45) is 1.03. The maximum Gasteiger partial charge on any atom is 0.254 e. The van der Waals surface area contributed by atoms with E-state index in [4.69, 9.17) is 0 Å². The van der Waals surface area contributed by atoms with Gasteiger partial charge in [-0.25, -0.2) is 4.39 Å². The fraction of sp³-hybridized carbons (Fsp3) is 0. The highest BCUT2D eigenvalue weighted by Crippen LogP contribution is 2.21. The first kappa shape index (κ1) is 13.9. The number of nitrogens with zero attached hydrogens (tertiary/aromatic N) is 2. The summed E-state index contributed by atoms with van der Waals surface area (Å²) in [6.45, 7) is 0. The predicted octanol–water partition coefficient (Wildman–Crippen LogP) is 3.22. The number of pyridine rings is 1. The van der Waals surface area contributed by atoms with Crippen LogP contribution >= 0.6 is 0 Å². The van der Waals surface area contributed by atoms with Gasteiger partial charge in [0.2, 0.25) is 11.6 Å². The van der Waals surface area contributed by atoms with E-state index in [-0.39, 0.29) is 5.56 Å². The molecule has 104 valence electrons. The molecule has 0 bridgehead atoms. The van der Waals surface area contributed by atoms with Crippen LogP contribution in [-0.2, 0) is 0 Å². The highest BCUT2D eigenvalue weighted by molar-refractivity contribution is 5.80. The van der Waals surface area contributed by atoms with Gasteiger partial charge in [0.15, 0.2) is 0 Å². The standard InChI is InChI=1S/C12H6F5N3/c13-7-3-1-2-6(4-7)5-18-20-10-8(14)11(16)19-12(17)9(10)15/h1-5H,(H,19,20)/b18-5-. The third kappa shape index (κ3) is 2.90. The average Bonchev–Trinajstić information content (AvgIpc) is 2.40. The van der Waals surface area contributed by atoms with Gasteiger partial charge < -0.3 is 0 Å². The number of hydrogen-bond acceptors (Lipinski definition) is 3. The Hall–Kier alpha value is -2.51. The van der Waals surface area contributed by atoms with Crippen LogP contribution in [0.5, 0.6) is 0 Å². The molecule has 0 aliphatic rings. The summed E-state index contributed by atoms with van der Waals surface area (Å²) in [7, 11) is 0. The number of aromatic nitrogens is 1. The number of nitrogens with one attached hydrogen (secondary N) is 1. The number of anilines is 1. The summed E-state index contributed by atoms with van der Waals surface area (Å²) in [5, 5.41) is 3.37.